The molecule has 0 atom stereocenters. The number of aryl methyl sites for hydroxylation is 1. The Bertz CT molecular complexity index is 995. The van der Waals surface area contributed by atoms with Crippen molar-refractivity contribution < 1.29 is 13.2 Å². The third-order valence-electron chi connectivity index (χ3n) is 5.91. The second-order valence-corrected chi connectivity index (χ2v) is 9.84. The van der Waals surface area contributed by atoms with E-state index in [1.165, 1.54) is 24.8 Å². The van der Waals surface area contributed by atoms with Crippen LogP contribution in [-0.4, -0.2) is 20.9 Å². The van der Waals surface area contributed by atoms with Crippen molar-refractivity contribution in [3.05, 3.63) is 59.2 Å². The summed E-state index contributed by atoms with van der Waals surface area (Å²) < 4.78 is 28.0. The van der Waals surface area contributed by atoms with E-state index in [-0.39, 0.29) is 11.7 Å². The summed E-state index contributed by atoms with van der Waals surface area (Å²) in [6.45, 7) is 2.73. The molecule has 2 aromatic carbocycles. The molecule has 1 aliphatic heterocycles. The van der Waals surface area contributed by atoms with Gasteiger partial charge in [0.05, 0.1) is 5.75 Å². The molecule has 0 radical (unpaired) electrons. The number of nitrogens with one attached hydrogen (secondary N) is 1. The lowest BCUT2D eigenvalue weighted by Gasteiger charge is -2.29. The number of fused-ring (bicyclic) bond motifs is 1. The van der Waals surface area contributed by atoms with E-state index >= 15 is 0 Å². The standard InChI is InChI=1S/C23H28N2O3S/c1-2-14-25-22-12-11-21(15-20(22)10-13-23(25)26)24-29(27,28)16-17-6-8-19(9-7-17)18-4-3-5-18/h6-9,11-12,15,18,24H,2-5,10,13-14,16H2,1H3. The molecule has 0 saturated heterocycles. The minimum Gasteiger partial charge on any atom is -0.312 e. The van der Waals surface area contributed by atoms with Gasteiger partial charge in [-0.05, 0) is 66.5 Å². The van der Waals surface area contributed by atoms with Gasteiger partial charge in [0.15, 0.2) is 0 Å². The molecular formula is C23H28N2O3S. The number of nitrogens with zero attached hydrogens (tertiary/aromatic N) is 1. The quantitative estimate of drug-likeness (QED) is 0.723. The number of amides is 1. The van der Waals surface area contributed by atoms with E-state index in [2.05, 4.69) is 16.9 Å². The Balaban J connectivity index is 1.46. The Morgan fingerprint density at radius 3 is 2.48 bits per heavy atom. The average Bonchev–Trinajstić information content (AvgIpc) is 2.64. The fraction of sp³-hybridized carbons (Fsp3) is 0.435. The van der Waals surface area contributed by atoms with Gasteiger partial charge in [0.2, 0.25) is 15.9 Å². The molecule has 0 unspecified atom stereocenters. The number of benzene rings is 2. The molecule has 1 saturated carbocycles. The zero-order valence-electron chi connectivity index (χ0n) is 16.9. The normalized spacial score (nSPS) is 17.0. The molecule has 154 valence electrons. The summed E-state index contributed by atoms with van der Waals surface area (Å²) in [6, 6.07) is 13.4. The van der Waals surface area contributed by atoms with E-state index in [1.807, 2.05) is 31.2 Å². The minimum atomic E-state index is -3.50. The van der Waals surface area contributed by atoms with Gasteiger partial charge in [-0.2, -0.15) is 0 Å². The number of anilines is 2. The van der Waals surface area contributed by atoms with Crippen LogP contribution in [0, 0.1) is 0 Å². The van der Waals surface area contributed by atoms with Gasteiger partial charge in [0, 0.05) is 24.3 Å². The molecule has 6 heteroatoms. The van der Waals surface area contributed by atoms with Gasteiger partial charge >= 0.3 is 0 Å². The average molecular weight is 413 g/mol. The molecule has 1 N–H and O–H groups in total. The Hall–Kier alpha value is -2.34. The van der Waals surface area contributed by atoms with Crippen LogP contribution < -0.4 is 9.62 Å². The summed E-state index contributed by atoms with van der Waals surface area (Å²) in [4.78, 5) is 14.0. The smallest absolute Gasteiger partial charge is 0.236 e. The Morgan fingerprint density at radius 2 is 1.83 bits per heavy atom. The summed E-state index contributed by atoms with van der Waals surface area (Å²) in [7, 11) is -3.50. The van der Waals surface area contributed by atoms with E-state index in [0.29, 0.717) is 31.0 Å². The SMILES string of the molecule is CCCN1C(=O)CCc2cc(NS(=O)(=O)Cc3ccc(C4CCC4)cc3)ccc21. The minimum absolute atomic E-state index is 0.0462. The predicted octanol–water partition coefficient (Wildman–Crippen LogP) is 4.59. The number of hydrogen-bond donors (Lipinski definition) is 1. The van der Waals surface area contributed by atoms with Crippen LogP contribution in [0.2, 0.25) is 0 Å². The van der Waals surface area contributed by atoms with Crippen molar-refractivity contribution in [2.24, 2.45) is 0 Å². The molecule has 1 amide bonds. The summed E-state index contributed by atoms with van der Waals surface area (Å²) in [5.41, 5.74) is 4.57. The van der Waals surface area contributed by atoms with Crippen LogP contribution in [0.15, 0.2) is 42.5 Å². The molecule has 1 fully saturated rings. The molecule has 2 aromatic rings. The molecule has 0 bridgehead atoms. The largest absolute Gasteiger partial charge is 0.312 e. The number of carbonyl (C=O) groups excluding carboxylic acids is 1. The zero-order chi connectivity index (χ0) is 20.4. The molecule has 1 aliphatic carbocycles. The summed E-state index contributed by atoms with van der Waals surface area (Å²) in [5, 5.41) is 0. The van der Waals surface area contributed by atoms with Crippen LogP contribution in [-0.2, 0) is 27.0 Å². The highest BCUT2D eigenvalue weighted by Gasteiger charge is 2.24. The van der Waals surface area contributed by atoms with Crippen LogP contribution in [0.5, 0.6) is 0 Å². The summed E-state index contributed by atoms with van der Waals surface area (Å²) in [5.74, 6) is 0.738. The van der Waals surface area contributed by atoms with Gasteiger partial charge in [-0.1, -0.05) is 37.6 Å². The van der Waals surface area contributed by atoms with Crippen molar-refractivity contribution in [1.82, 2.24) is 0 Å². The monoisotopic (exact) mass is 412 g/mol. The zero-order valence-corrected chi connectivity index (χ0v) is 17.7. The van der Waals surface area contributed by atoms with Crippen molar-refractivity contribution in [1.29, 1.82) is 0 Å². The fourth-order valence-electron chi connectivity index (χ4n) is 4.15. The van der Waals surface area contributed by atoms with Gasteiger partial charge in [-0.25, -0.2) is 8.42 Å². The predicted molar refractivity (Wildman–Crippen MR) is 117 cm³/mol. The fourth-order valence-corrected chi connectivity index (χ4v) is 5.34. The van der Waals surface area contributed by atoms with E-state index in [9.17, 15) is 13.2 Å². The first-order valence-electron chi connectivity index (χ1n) is 10.5. The van der Waals surface area contributed by atoms with Crippen LogP contribution in [0.25, 0.3) is 0 Å². The molecule has 0 spiro atoms. The van der Waals surface area contributed by atoms with Crippen molar-refractivity contribution in [3.8, 4) is 0 Å². The summed E-state index contributed by atoms with van der Waals surface area (Å²) >= 11 is 0. The maximum atomic E-state index is 12.7. The lowest BCUT2D eigenvalue weighted by atomic mass is 9.80. The molecule has 1 heterocycles. The first-order chi connectivity index (χ1) is 13.9. The maximum absolute atomic E-state index is 12.7. The van der Waals surface area contributed by atoms with E-state index in [4.69, 9.17) is 0 Å². The third kappa shape index (κ3) is 4.47. The van der Waals surface area contributed by atoms with E-state index < -0.39 is 10.0 Å². The Labute approximate surface area is 173 Å². The second-order valence-electron chi connectivity index (χ2n) is 8.12. The van der Waals surface area contributed by atoms with Crippen molar-refractivity contribution in [2.45, 2.75) is 57.1 Å². The topological polar surface area (TPSA) is 66.5 Å². The van der Waals surface area contributed by atoms with Crippen LogP contribution in [0.1, 0.15) is 61.6 Å². The first-order valence-corrected chi connectivity index (χ1v) is 12.1. The van der Waals surface area contributed by atoms with E-state index in [1.54, 1.807) is 11.0 Å². The van der Waals surface area contributed by atoms with Crippen LogP contribution in [0.3, 0.4) is 0 Å². The number of hydrogen-bond acceptors (Lipinski definition) is 3. The highest BCUT2D eigenvalue weighted by Crippen LogP contribution is 2.36. The highest BCUT2D eigenvalue weighted by atomic mass is 32.2. The van der Waals surface area contributed by atoms with Crippen molar-refractivity contribution in [2.75, 3.05) is 16.2 Å². The molecular weight excluding hydrogens is 384 g/mol. The first kappa shape index (κ1) is 20.0. The number of sulfonamides is 1. The van der Waals surface area contributed by atoms with Gasteiger partial charge in [0.1, 0.15) is 0 Å². The Morgan fingerprint density at radius 1 is 1.07 bits per heavy atom. The van der Waals surface area contributed by atoms with Gasteiger partial charge in [-0.15, -0.1) is 0 Å². The summed E-state index contributed by atoms with van der Waals surface area (Å²) in [6.07, 6.45) is 5.76. The highest BCUT2D eigenvalue weighted by molar-refractivity contribution is 7.91. The molecule has 4 rings (SSSR count). The van der Waals surface area contributed by atoms with Crippen LogP contribution in [0.4, 0.5) is 11.4 Å². The van der Waals surface area contributed by atoms with Crippen LogP contribution >= 0.6 is 0 Å². The Kier molecular flexibility index (Phi) is 5.63. The molecule has 29 heavy (non-hydrogen) atoms. The van der Waals surface area contributed by atoms with Crippen molar-refractivity contribution >= 4 is 27.3 Å². The van der Waals surface area contributed by atoms with Gasteiger partial charge < -0.3 is 4.90 Å². The molecule has 2 aliphatic rings. The molecule has 0 aromatic heterocycles. The number of carbonyl (C=O) groups is 1. The number of rotatable bonds is 7. The van der Waals surface area contributed by atoms with Gasteiger partial charge in [-0.3, -0.25) is 9.52 Å². The third-order valence-corrected chi connectivity index (χ3v) is 7.17. The van der Waals surface area contributed by atoms with Gasteiger partial charge in [0.25, 0.3) is 0 Å². The lowest BCUT2D eigenvalue weighted by molar-refractivity contribution is -0.118. The van der Waals surface area contributed by atoms with Crippen molar-refractivity contribution in [3.63, 3.8) is 0 Å². The lowest BCUT2D eigenvalue weighted by Crippen LogP contribution is -2.35. The molecule has 5 nitrogen and oxygen atoms in total. The van der Waals surface area contributed by atoms with E-state index in [0.717, 1.165) is 23.2 Å². The maximum Gasteiger partial charge on any atom is 0.236 e. The second kappa shape index (κ2) is 8.19.